The molecule has 2 aromatic carbocycles. The van der Waals surface area contributed by atoms with Gasteiger partial charge in [-0.25, -0.2) is 8.78 Å². The van der Waals surface area contributed by atoms with Crippen LogP contribution in [0, 0.1) is 18.2 Å². The van der Waals surface area contributed by atoms with E-state index in [0.29, 0.717) is 46.7 Å². The Hall–Kier alpha value is -3.48. The van der Waals surface area contributed by atoms with Crippen LogP contribution in [-0.2, 0) is 24.3 Å². The summed E-state index contributed by atoms with van der Waals surface area (Å²) in [7, 11) is 0. The first-order valence-electron chi connectivity index (χ1n) is 13.4. The number of aromatic nitrogens is 1. The highest BCUT2D eigenvalue weighted by atomic mass is 19.1. The zero-order chi connectivity index (χ0) is 26.7. The number of aliphatic carboxylic acids is 1. The maximum Gasteiger partial charge on any atom is 0.307 e. The minimum absolute atomic E-state index is 0.153. The first kappa shape index (κ1) is 26.1. The molecule has 0 bridgehead atoms. The number of hydrogen-bond acceptors (Lipinski definition) is 4. The number of halogens is 2. The average molecular weight is 521 g/mol. The standard InChI is InChI=1S/C31H34F2N2O3/c1-21-26(19-28(36)37)30(35-16-14-31(15-17-35)12-2-13-31)29(27(20-32)34-21)23-5-9-25(10-6-23)38-18-11-22-3-7-24(33)8-4-22/h3-10H,2,11-20H2,1H3,(H,36,37). The van der Waals surface area contributed by atoms with Crippen molar-refractivity contribution in [1.82, 2.24) is 4.98 Å². The Bertz CT molecular complexity index is 1280. The summed E-state index contributed by atoms with van der Waals surface area (Å²) in [4.78, 5) is 18.6. The number of hydrogen-bond donors (Lipinski definition) is 1. The van der Waals surface area contributed by atoms with E-state index in [0.717, 1.165) is 42.7 Å². The third-order valence-electron chi connectivity index (χ3n) is 8.28. The lowest BCUT2D eigenvalue weighted by atomic mass is 9.63. The first-order chi connectivity index (χ1) is 18.4. The van der Waals surface area contributed by atoms with Crippen molar-refractivity contribution in [3.63, 3.8) is 0 Å². The van der Waals surface area contributed by atoms with Gasteiger partial charge in [-0.3, -0.25) is 9.78 Å². The number of anilines is 1. The number of benzene rings is 2. The molecule has 2 aliphatic rings. The van der Waals surface area contributed by atoms with E-state index in [1.165, 1.54) is 31.4 Å². The molecule has 38 heavy (non-hydrogen) atoms. The molecule has 3 aromatic rings. The maximum absolute atomic E-state index is 14.4. The van der Waals surface area contributed by atoms with E-state index >= 15 is 0 Å². The molecule has 2 fully saturated rings. The zero-order valence-electron chi connectivity index (χ0n) is 21.8. The van der Waals surface area contributed by atoms with E-state index in [4.69, 9.17) is 4.74 Å². The highest BCUT2D eigenvalue weighted by Crippen LogP contribution is 2.50. The molecular formula is C31H34F2N2O3. The van der Waals surface area contributed by atoms with Gasteiger partial charge < -0.3 is 14.7 Å². The molecule has 1 saturated heterocycles. The molecule has 5 rings (SSSR count). The van der Waals surface area contributed by atoms with E-state index < -0.39 is 12.6 Å². The van der Waals surface area contributed by atoms with Crippen LogP contribution in [0.1, 0.15) is 54.6 Å². The van der Waals surface area contributed by atoms with E-state index in [2.05, 4.69) is 9.88 Å². The lowest BCUT2D eigenvalue weighted by molar-refractivity contribution is -0.136. The van der Waals surface area contributed by atoms with Gasteiger partial charge in [0.2, 0.25) is 0 Å². The lowest BCUT2D eigenvalue weighted by Crippen LogP contribution is -2.44. The Balaban J connectivity index is 1.42. The van der Waals surface area contributed by atoms with E-state index in [-0.39, 0.29) is 12.2 Å². The first-order valence-corrected chi connectivity index (χ1v) is 13.4. The third-order valence-corrected chi connectivity index (χ3v) is 8.28. The van der Waals surface area contributed by atoms with Gasteiger partial charge in [-0.05, 0) is 73.4 Å². The normalized spacial score (nSPS) is 16.3. The second kappa shape index (κ2) is 11.1. The van der Waals surface area contributed by atoms with Gasteiger partial charge in [0.25, 0.3) is 0 Å². The van der Waals surface area contributed by atoms with Crippen LogP contribution in [-0.4, -0.2) is 35.8 Å². The van der Waals surface area contributed by atoms with Crippen LogP contribution in [0.4, 0.5) is 14.5 Å². The molecule has 1 aliphatic carbocycles. The molecule has 1 aliphatic heterocycles. The van der Waals surface area contributed by atoms with Crippen LogP contribution in [0.2, 0.25) is 0 Å². The molecule has 1 N–H and O–H groups in total. The van der Waals surface area contributed by atoms with Gasteiger partial charge in [-0.2, -0.15) is 0 Å². The van der Waals surface area contributed by atoms with Gasteiger partial charge in [-0.15, -0.1) is 0 Å². The fourth-order valence-corrected chi connectivity index (χ4v) is 5.93. The Labute approximate surface area is 222 Å². The molecule has 1 aromatic heterocycles. The topological polar surface area (TPSA) is 62.7 Å². The summed E-state index contributed by atoms with van der Waals surface area (Å²) in [5, 5.41) is 9.69. The van der Waals surface area contributed by atoms with Crippen molar-refractivity contribution >= 4 is 11.7 Å². The van der Waals surface area contributed by atoms with E-state index in [9.17, 15) is 18.7 Å². The SMILES string of the molecule is Cc1nc(CF)c(-c2ccc(OCCc3ccc(F)cc3)cc2)c(N2CCC3(CCC3)CC2)c1CC(=O)O. The van der Waals surface area contributed by atoms with Crippen molar-refractivity contribution < 1.29 is 23.4 Å². The summed E-state index contributed by atoms with van der Waals surface area (Å²) in [6.45, 7) is 3.15. The van der Waals surface area contributed by atoms with Crippen molar-refractivity contribution in [3.05, 3.63) is 76.9 Å². The van der Waals surface area contributed by atoms with Gasteiger partial charge in [0.05, 0.1) is 24.4 Å². The number of carbonyl (C=O) groups is 1. The van der Waals surface area contributed by atoms with Crippen LogP contribution >= 0.6 is 0 Å². The fraction of sp³-hybridized carbons (Fsp3) is 0.419. The van der Waals surface area contributed by atoms with Gasteiger partial charge >= 0.3 is 5.97 Å². The molecule has 2 heterocycles. The molecule has 0 radical (unpaired) electrons. The van der Waals surface area contributed by atoms with Gasteiger partial charge in [-0.1, -0.05) is 30.7 Å². The molecule has 200 valence electrons. The van der Waals surface area contributed by atoms with Crippen molar-refractivity contribution in [1.29, 1.82) is 0 Å². The number of alkyl halides is 1. The van der Waals surface area contributed by atoms with Crippen LogP contribution < -0.4 is 9.64 Å². The van der Waals surface area contributed by atoms with Crippen LogP contribution in [0.3, 0.4) is 0 Å². The Morgan fingerprint density at radius 3 is 2.32 bits per heavy atom. The van der Waals surface area contributed by atoms with Crippen LogP contribution in [0.15, 0.2) is 48.5 Å². The average Bonchev–Trinajstić information content (AvgIpc) is 2.90. The molecule has 5 nitrogen and oxygen atoms in total. The van der Waals surface area contributed by atoms with Gasteiger partial charge in [0.1, 0.15) is 18.2 Å². The van der Waals surface area contributed by atoms with Crippen molar-refractivity contribution in [3.8, 4) is 16.9 Å². The van der Waals surface area contributed by atoms with Gasteiger partial charge in [0.15, 0.2) is 0 Å². The summed E-state index contributed by atoms with van der Waals surface area (Å²) in [5.74, 6) is -0.510. The third kappa shape index (κ3) is 5.52. The zero-order valence-corrected chi connectivity index (χ0v) is 21.8. The number of carboxylic acid groups (broad SMARTS) is 1. The van der Waals surface area contributed by atoms with Crippen molar-refractivity contribution in [2.24, 2.45) is 5.41 Å². The molecule has 0 atom stereocenters. The Morgan fingerprint density at radius 1 is 1.05 bits per heavy atom. The molecule has 0 unspecified atom stereocenters. The predicted octanol–water partition coefficient (Wildman–Crippen LogP) is 6.68. The largest absolute Gasteiger partial charge is 0.493 e. The van der Waals surface area contributed by atoms with Crippen molar-refractivity contribution in [2.75, 3.05) is 24.6 Å². The second-order valence-corrected chi connectivity index (χ2v) is 10.6. The lowest BCUT2D eigenvalue weighted by Gasteiger charge is -2.49. The summed E-state index contributed by atoms with van der Waals surface area (Å²) in [6, 6.07) is 13.8. The number of nitrogens with zero attached hydrogens (tertiary/aromatic N) is 2. The minimum Gasteiger partial charge on any atom is -0.493 e. The summed E-state index contributed by atoms with van der Waals surface area (Å²) in [5.41, 5.74) is 5.27. The smallest absolute Gasteiger partial charge is 0.307 e. The molecule has 1 spiro atoms. The van der Waals surface area contributed by atoms with Crippen molar-refractivity contribution in [2.45, 2.75) is 58.5 Å². The summed E-state index contributed by atoms with van der Waals surface area (Å²) >= 11 is 0. The van der Waals surface area contributed by atoms with Gasteiger partial charge in [0, 0.05) is 36.3 Å². The van der Waals surface area contributed by atoms with E-state index in [1.807, 2.05) is 24.3 Å². The summed E-state index contributed by atoms with van der Waals surface area (Å²) < 4.78 is 33.4. The predicted molar refractivity (Wildman–Crippen MR) is 144 cm³/mol. The number of rotatable bonds is 9. The molecular weight excluding hydrogens is 486 g/mol. The number of pyridine rings is 1. The maximum atomic E-state index is 14.4. The Morgan fingerprint density at radius 2 is 1.74 bits per heavy atom. The monoisotopic (exact) mass is 520 g/mol. The van der Waals surface area contributed by atoms with E-state index in [1.54, 1.807) is 19.1 Å². The number of ether oxygens (including phenoxy) is 1. The molecule has 0 amide bonds. The van der Waals surface area contributed by atoms with Crippen LogP contribution in [0.25, 0.3) is 11.1 Å². The Kier molecular flexibility index (Phi) is 7.63. The fourth-order valence-electron chi connectivity index (χ4n) is 5.93. The quantitative estimate of drug-likeness (QED) is 0.341. The number of piperidine rings is 1. The second-order valence-electron chi connectivity index (χ2n) is 10.6. The molecule has 7 heteroatoms. The number of aryl methyl sites for hydroxylation is 1. The highest BCUT2D eigenvalue weighted by Gasteiger charge is 2.40. The number of carboxylic acids is 1. The minimum atomic E-state index is -0.924. The highest BCUT2D eigenvalue weighted by molar-refractivity contribution is 5.86. The molecule has 1 saturated carbocycles. The summed E-state index contributed by atoms with van der Waals surface area (Å²) in [6.07, 6.45) is 6.47. The van der Waals surface area contributed by atoms with Crippen LogP contribution in [0.5, 0.6) is 5.75 Å².